The van der Waals surface area contributed by atoms with Crippen LogP contribution in [0.3, 0.4) is 0 Å². The van der Waals surface area contributed by atoms with Gasteiger partial charge in [0.1, 0.15) is 5.82 Å². The fourth-order valence-corrected chi connectivity index (χ4v) is 4.85. The molecular formula is C21H25N5O2S2. The number of nitrogens with zero attached hydrogens (tertiary/aromatic N) is 4. The van der Waals surface area contributed by atoms with E-state index in [0.717, 1.165) is 48.2 Å². The fraction of sp³-hybridized carbons (Fsp3) is 0.429. The number of ether oxygens (including phenoxy) is 1. The summed E-state index contributed by atoms with van der Waals surface area (Å²) < 4.78 is 7.89. The lowest BCUT2D eigenvalue weighted by Gasteiger charge is -2.15. The van der Waals surface area contributed by atoms with Crippen LogP contribution >= 0.6 is 23.1 Å². The number of amides is 1. The lowest BCUT2D eigenvalue weighted by atomic mass is 10.2. The summed E-state index contributed by atoms with van der Waals surface area (Å²) in [5, 5.41) is 14.9. The number of thiazole rings is 1. The zero-order valence-electron chi connectivity index (χ0n) is 17.1. The van der Waals surface area contributed by atoms with Crippen molar-refractivity contribution in [2.75, 3.05) is 17.7 Å². The average Bonchev–Trinajstić information content (AvgIpc) is 3.49. The van der Waals surface area contributed by atoms with Crippen molar-refractivity contribution < 1.29 is 9.53 Å². The highest BCUT2D eigenvalue weighted by Gasteiger charge is 2.22. The van der Waals surface area contributed by atoms with Crippen LogP contribution < -0.4 is 5.32 Å². The van der Waals surface area contributed by atoms with Crippen LogP contribution in [0.25, 0.3) is 11.3 Å². The highest BCUT2D eigenvalue weighted by molar-refractivity contribution is 7.99. The first-order valence-electron chi connectivity index (χ1n) is 10.1. The van der Waals surface area contributed by atoms with E-state index in [-0.39, 0.29) is 23.7 Å². The molecule has 158 valence electrons. The molecule has 0 saturated carbocycles. The molecule has 1 aliphatic rings. The Kier molecular flexibility index (Phi) is 6.81. The van der Waals surface area contributed by atoms with Gasteiger partial charge in [-0.05, 0) is 12.8 Å². The van der Waals surface area contributed by atoms with E-state index < -0.39 is 0 Å². The Labute approximate surface area is 184 Å². The number of thioether (sulfide) groups is 1. The van der Waals surface area contributed by atoms with Gasteiger partial charge in [-0.1, -0.05) is 55.9 Å². The molecule has 0 unspecified atom stereocenters. The van der Waals surface area contributed by atoms with Crippen molar-refractivity contribution in [2.24, 2.45) is 0 Å². The number of rotatable bonds is 8. The number of nitrogens with one attached hydrogen (secondary N) is 1. The Morgan fingerprint density at radius 3 is 2.90 bits per heavy atom. The standard InChI is InChI=1S/C21H25N5O2S2/c1-14(2)19-24-25-21(26(19)11-16-9-6-10-28-16)30-13-18(27)23-20-22-17(12-29-20)15-7-4-3-5-8-15/h3-5,7-8,12,14,16H,6,9-11,13H2,1-2H3,(H,22,23,27)/t16-/m0/s1. The molecule has 0 aliphatic carbocycles. The second kappa shape index (κ2) is 9.72. The number of carbonyl (C=O) groups is 1. The number of aromatic nitrogens is 4. The zero-order chi connectivity index (χ0) is 20.9. The number of carbonyl (C=O) groups excluding carboxylic acids is 1. The van der Waals surface area contributed by atoms with Crippen molar-refractivity contribution in [3.63, 3.8) is 0 Å². The van der Waals surface area contributed by atoms with Gasteiger partial charge in [-0.3, -0.25) is 4.79 Å². The summed E-state index contributed by atoms with van der Waals surface area (Å²) in [4.78, 5) is 17.0. The molecule has 1 N–H and O–H groups in total. The predicted octanol–water partition coefficient (Wildman–Crippen LogP) is 4.43. The molecule has 7 nitrogen and oxygen atoms in total. The second-order valence-corrected chi connectivity index (χ2v) is 9.28. The maximum atomic E-state index is 12.5. The van der Waals surface area contributed by atoms with Gasteiger partial charge in [0.2, 0.25) is 5.91 Å². The van der Waals surface area contributed by atoms with E-state index in [0.29, 0.717) is 5.13 Å². The van der Waals surface area contributed by atoms with Crippen molar-refractivity contribution in [2.45, 2.75) is 50.4 Å². The van der Waals surface area contributed by atoms with Gasteiger partial charge in [0, 0.05) is 23.5 Å². The summed E-state index contributed by atoms with van der Waals surface area (Å²) in [6.45, 7) is 5.75. The Morgan fingerprint density at radius 1 is 1.33 bits per heavy atom. The van der Waals surface area contributed by atoms with Crippen molar-refractivity contribution in [1.29, 1.82) is 0 Å². The topological polar surface area (TPSA) is 81.9 Å². The molecule has 0 radical (unpaired) electrons. The maximum absolute atomic E-state index is 12.5. The van der Waals surface area contributed by atoms with Crippen LogP contribution in [0, 0.1) is 0 Å². The Bertz CT molecular complexity index is 980. The van der Waals surface area contributed by atoms with Gasteiger partial charge in [0.25, 0.3) is 0 Å². The molecule has 9 heteroatoms. The molecule has 4 rings (SSSR count). The molecule has 0 bridgehead atoms. The van der Waals surface area contributed by atoms with Gasteiger partial charge in [-0.25, -0.2) is 4.98 Å². The number of hydrogen-bond donors (Lipinski definition) is 1. The first kappa shape index (κ1) is 21.0. The molecule has 0 spiro atoms. The van der Waals surface area contributed by atoms with E-state index >= 15 is 0 Å². The summed E-state index contributed by atoms with van der Waals surface area (Å²) in [5.41, 5.74) is 1.90. The van der Waals surface area contributed by atoms with E-state index in [9.17, 15) is 4.79 Å². The lowest BCUT2D eigenvalue weighted by Crippen LogP contribution is -2.19. The lowest BCUT2D eigenvalue weighted by molar-refractivity contribution is -0.113. The molecule has 2 aromatic heterocycles. The first-order valence-corrected chi connectivity index (χ1v) is 11.9. The van der Waals surface area contributed by atoms with Crippen LogP contribution in [-0.4, -0.2) is 44.1 Å². The molecule has 30 heavy (non-hydrogen) atoms. The fourth-order valence-electron chi connectivity index (χ4n) is 3.36. The third-order valence-corrected chi connectivity index (χ3v) is 6.55. The number of hydrogen-bond acceptors (Lipinski definition) is 7. The quantitative estimate of drug-likeness (QED) is 0.519. The Morgan fingerprint density at radius 2 is 2.17 bits per heavy atom. The minimum atomic E-state index is -0.105. The molecule has 3 heterocycles. The van der Waals surface area contributed by atoms with Crippen molar-refractivity contribution in [1.82, 2.24) is 19.7 Å². The summed E-state index contributed by atoms with van der Waals surface area (Å²) in [7, 11) is 0. The normalized spacial score (nSPS) is 16.3. The van der Waals surface area contributed by atoms with E-state index in [1.807, 2.05) is 35.7 Å². The highest BCUT2D eigenvalue weighted by Crippen LogP contribution is 2.26. The van der Waals surface area contributed by atoms with Crippen LogP contribution in [0.5, 0.6) is 0 Å². The predicted molar refractivity (Wildman–Crippen MR) is 120 cm³/mol. The van der Waals surface area contributed by atoms with Crippen molar-refractivity contribution in [3.05, 3.63) is 41.5 Å². The molecular weight excluding hydrogens is 418 g/mol. The average molecular weight is 444 g/mol. The maximum Gasteiger partial charge on any atom is 0.236 e. The second-order valence-electron chi connectivity index (χ2n) is 7.48. The van der Waals surface area contributed by atoms with Gasteiger partial charge in [-0.2, -0.15) is 0 Å². The molecule has 1 saturated heterocycles. The summed E-state index contributed by atoms with van der Waals surface area (Å²) in [6, 6.07) is 9.93. The minimum absolute atomic E-state index is 0.105. The molecule has 1 atom stereocenters. The minimum Gasteiger partial charge on any atom is -0.376 e. The number of benzene rings is 1. The van der Waals surface area contributed by atoms with Crippen LogP contribution in [0.1, 0.15) is 38.4 Å². The highest BCUT2D eigenvalue weighted by atomic mass is 32.2. The molecule has 1 aromatic carbocycles. The van der Waals surface area contributed by atoms with Crippen LogP contribution in [-0.2, 0) is 16.1 Å². The smallest absolute Gasteiger partial charge is 0.236 e. The van der Waals surface area contributed by atoms with Gasteiger partial charge < -0.3 is 14.6 Å². The Hall–Kier alpha value is -2.23. The van der Waals surface area contributed by atoms with Crippen LogP contribution in [0.2, 0.25) is 0 Å². The first-order chi connectivity index (χ1) is 14.6. The third kappa shape index (κ3) is 5.08. The zero-order valence-corrected chi connectivity index (χ0v) is 18.7. The van der Waals surface area contributed by atoms with Gasteiger partial charge in [-0.15, -0.1) is 21.5 Å². The summed E-state index contributed by atoms with van der Waals surface area (Å²) in [6.07, 6.45) is 2.33. The largest absolute Gasteiger partial charge is 0.376 e. The summed E-state index contributed by atoms with van der Waals surface area (Å²) in [5.74, 6) is 1.34. The van der Waals surface area contributed by atoms with E-state index in [4.69, 9.17) is 4.74 Å². The summed E-state index contributed by atoms with van der Waals surface area (Å²) >= 11 is 2.82. The van der Waals surface area contributed by atoms with Crippen molar-refractivity contribution in [3.8, 4) is 11.3 Å². The SMILES string of the molecule is CC(C)c1nnc(SCC(=O)Nc2nc(-c3ccccc3)cs2)n1C[C@@H]1CCCO1. The van der Waals surface area contributed by atoms with Crippen LogP contribution in [0.15, 0.2) is 40.9 Å². The van der Waals surface area contributed by atoms with E-state index in [1.54, 1.807) is 0 Å². The molecule has 1 amide bonds. The molecule has 3 aromatic rings. The monoisotopic (exact) mass is 443 g/mol. The van der Waals surface area contributed by atoms with Gasteiger partial charge in [0.05, 0.1) is 24.1 Å². The molecule has 1 fully saturated rings. The molecule has 1 aliphatic heterocycles. The Balaban J connectivity index is 1.37. The van der Waals surface area contributed by atoms with Gasteiger partial charge >= 0.3 is 0 Å². The third-order valence-electron chi connectivity index (χ3n) is 4.82. The van der Waals surface area contributed by atoms with E-state index in [1.165, 1.54) is 23.1 Å². The van der Waals surface area contributed by atoms with Crippen LogP contribution in [0.4, 0.5) is 5.13 Å². The van der Waals surface area contributed by atoms with Crippen molar-refractivity contribution >= 4 is 34.1 Å². The van der Waals surface area contributed by atoms with E-state index in [2.05, 4.69) is 38.9 Å². The van der Waals surface area contributed by atoms with Gasteiger partial charge in [0.15, 0.2) is 10.3 Å². The number of anilines is 1.